The van der Waals surface area contributed by atoms with Crippen molar-refractivity contribution in [3.05, 3.63) is 107 Å². The third-order valence-corrected chi connectivity index (χ3v) is 5.36. The van der Waals surface area contributed by atoms with Crippen LogP contribution in [0, 0.1) is 0 Å². The maximum Gasteiger partial charge on any atom is 0.265 e. The molecule has 4 aromatic carbocycles. The zero-order valence-electron chi connectivity index (χ0n) is 15.7. The third-order valence-electron chi connectivity index (χ3n) is 5.11. The first-order valence-corrected chi connectivity index (χ1v) is 9.80. The van der Waals surface area contributed by atoms with Gasteiger partial charge in [0.05, 0.1) is 11.4 Å². The Morgan fingerprint density at radius 1 is 0.733 bits per heavy atom. The summed E-state index contributed by atoms with van der Waals surface area (Å²) in [7, 11) is 0. The van der Waals surface area contributed by atoms with Crippen molar-refractivity contribution in [1.29, 1.82) is 0 Å². The van der Waals surface area contributed by atoms with Crippen molar-refractivity contribution in [1.82, 2.24) is 0 Å². The first-order valence-electron chi connectivity index (χ1n) is 9.42. The molecular weight excluding hydrogens is 396 g/mol. The second-order valence-corrected chi connectivity index (χ2v) is 7.42. The van der Waals surface area contributed by atoms with Crippen molar-refractivity contribution in [2.24, 2.45) is 4.99 Å². The van der Waals surface area contributed by atoms with E-state index in [-0.39, 0.29) is 11.8 Å². The van der Waals surface area contributed by atoms with Crippen LogP contribution >= 0.6 is 11.6 Å². The molecule has 2 amide bonds. The lowest BCUT2D eigenvalue weighted by Gasteiger charge is -2.27. The summed E-state index contributed by atoms with van der Waals surface area (Å²) in [5, 5.41) is 2.28. The number of hydrogen-bond donors (Lipinski definition) is 0. The van der Waals surface area contributed by atoms with E-state index in [0.29, 0.717) is 27.5 Å². The van der Waals surface area contributed by atoms with Crippen LogP contribution in [0.5, 0.6) is 0 Å². The van der Waals surface area contributed by atoms with Crippen molar-refractivity contribution in [2.75, 3.05) is 4.90 Å². The van der Waals surface area contributed by atoms with Crippen molar-refractivity contribution in [3.63, 3.8) is 0 Å². The van der Waals surface area contributed by atoms with Crippen LogP contribution in [0.15, 0.2) is 89.9 Å². The molecule has 1 aliphatic heterocycles. The van der Waals surface area contributed by atoms with E-state index in [2.05, 4.69) is 4.99 Å². The van der Waals surface area contributed by atoms with E-state index in [9.17, 15) is 9.59 Å². The van der Waals surface area contributed by atoms with Gasteiger partial charge in [0.25, 0.3) is 11.8 Å². The van der Waals surface area contributed by atoms with Crippen LogP contribution in [0.1, 0.15) is 26.3 Å². The number of rotatable bonds is 3. The van der Waals surface area contributed by atoms with Crippen LogP contribution in [0.2, 0.25) is 5.02 Å². The van der Waals surface area contributed by atoms with Crippen LogP contribution in [0.3, 0.4) is 0 Å². The highest BCUT2D eigenvalue weighted by Crippen LogP contribution is 2.33. The molecule has 4 aromatic rings. The van der Waals surface area contributed by atoms with Gasteiger partial charge in [-0.2, -0.15) is 0 Å². The van der Waals surface area contributed by atoms with Gasteiger partial charge in [-0.1, -0.05) is 48.0 Å². The highest BCUT2D eigenvalue weighted by atomic mass is 35.5. The van der Waals surface area contributed by atoms with Crippen LogP contribution in [-0.2, 0) is 0 Å². The smallest absolute Gasteiger partial charge is 0.265 e. The molecule has 0 spiro atoms. The fourth-order valence-electron chi connectivity index (χ4n) is 3.65. The molecule has 1 aliphatic rings. The molecular formula is C25H15ClN2O2. The molecule has 5 rings (SSSR count). The fourth-order valence-corrected chi connectivity index (χ4v) is 3.78. The normalized spacial score (nSPS) is 13.4. The number of benzene rings is 4. The van der Waals surface area contributed by atoms with Crippen LogP contribution in [-0.4, -0.2) is 18.0 Å². The molecule has 0 fully saturated rings. The van der Waals surface area contributed by atoms with Gasteiger partial charge in [0.15, 0.2) is 0 Å². The number of hydrogen-bond acceptors (Lipinski definition) is 3. The second-order valence-electron chi connectivity index (χ2n) is 6.98. The second kappa shape index (κ2) is 7.25. The standard InChI is InChI=1S/C25H15ClN2O2/c26-18-9-7-16(8-10-18)15-27-19-11-13-20(14-12-19)28-24(29)21-5-1-3-17-4-2-6-22(23(17)21)25(28)30/h1-15H. The Morgan fingerprint density at radius 3 is 1.93 bits per heavy atom. The number of carbonyl (C=O) groups is 2. The number of halogens is 1. The Kier molecular flexibility index (Phi) is 4.42. The number of carbonyl (C=O) groups excluding carboxylic acids is 2. The molecule has 4 nitrogen and oxygen atoms in total. The zero-order valence-corrected chi connectivity index (χ0v) is 16.5. The Hall–Kier alpha value is -3.76. The number of imide groups is 1. The van der Waals surface area contributed by atoms with Gasteiger partial charge in [-0.05, 0) is 59.5 Å². The van der Waals surface area contributed by atoms with E-state index < -0.39 is 0 Å². The van der Waals surface area contributed by atoms with Crippen molar-refractivity contribution in [2.45, 2.75) is 0 Å². The van der Waals surface area contributed by atoms with Crippen molar-refractivity contribution < 1.29 is 9.59 Å². The predicted octanol–water partition coefficient (Wildman–Crippen LogP) is 6.04. The highest BCUT2D eigenvalue weighted by Gasteiger charge is 2.33. The molecule has 0 saturated heterocycles. The lowest BCUT2D eigenvalue weighted by Crippen LogP contribution is -2.40. The van der Waals surface area contributed by atoms with Crippen LogP contribution < -0.4 is 4.90 Å². The van der Waals surface area contributed by atoms with E-state index in [1.807, 2.05) is 36.4 Å². The minimum absolute atomic E-state index is 0.318. The van der Waals surface area contributed by atoms with E-state index in [1.165, 1.54) is 4.90 Å². The van der Waals surface area contributed by atoms with Gasteiger partial charge in [0.2, 0.25) is 0 Å². The van der Waals surface area contributed by atoms with Gasteiger partial charge < -0.3 is 0 Å². The highest BCUT2D eigenvalue weighted by molar-refractivity contribution is 6.35. The molecule has 144 valence electrons. The summed E-state index contributed by atoms with van der Waals surface area (Å²) >= 11 is 5.90. The van der Waals surface area contributed by atoms with Crippen molar-refractivity contribution >= 4 is 51.8 Å². The van der Waals surface area contributed by atoms with Gasteiger partial charge in [-0.25, -0.2) is 4.90 Å². The largest absolute Gasteiger partial charge is 0.268 e. The molecule has 0 bridgehead atoms. The molecule has 0 saturated carbocycles. The molecule has 0 unspecified atom stereocenters. The third kappa shape index (κ3) is 3.08. The van der Waals surface area contributed by atoms with Gasteiger partial charge in [0.1, 0.15) is 0 Å². The van der Waals surface area contributed by atoms with Gasteiger partial charge >= 0.3 is 0 Å². The number of anilines is 1. The lowest BCUT2D eigenvalue weighted by atomic mass is 9.94. The summed E-state index contributed by atoms with van der Waals surface area (Å²) in [6, 6.07) is 25.4. The van der Waals surface area contributed by atoms with Crippen LogP contribution in [0.4, 0.5) is 11.4 Å². The van der Waals surface area contributed by atoms with E-state index >= 15 is 0 Å². The summed E-state index contributed by atoms with van der Waals surface area (Å²) in [5.74, 6) is -0.636. The first kappa shape index (κ1) is 18.3. The number of amides is 2. The molecule has 0 aromatic heterocycles. The van der Waals surface area contributed by atoms with Gasteiger partial charge in [0, 0.05) is 27.8 Å². The van der Waals surface area contributed by atoms with E-state index in [4.69, 9.17) is 11.6 Å². The average molecular weight is 411 g/mol. The Morgan fingerprint density at radius 2 is 1.33 bits per heavy atom. The maximum atomic E-state index is 13.1. The number of aliphatic imine (C=N–C) groups is 1. The SMILES string of the molecule is O=C1c2cccc3cccc(c23)C(=O)N1c1ccc(N=Cc2ccc(Cl)cc2)cc1. The average Bonchev–Trinajstić information content (AvgIpc) is 2.78. The lowest BCUT2D eigenvalue weighted by molar-refractivity contribution is 0.0893. The quantitative estimate of drug-likeness (QED) is 0.305. The summed E-state index contributed by atoms with van der Waals surface area (Å²) in [4.78, 5) is 31.9. The Labute approximate surface area is 178 Å². The summed E-state index contributed by atoms with van der Waals surface area (Å²) in [6.07, 6.45) is 1.74. The number of nitrogens with zero attached hydrogens (tertiary/aromatic N) is 2. The summed E-state index contributed by atoms with van der Waals surface area (Å²) in [5.41, 5.74) is 3.23. The zero-order chi connectivity index (χ0) is 20.7. The summed E-state index contributed by atoms with van der Waals surface area (Å²) < 4.78 is 0. The minimum Gasteiger partial charge on any atom is -0.268 e. The maximum absolute atomic E-state index is 13.1. The van der Waals surface area contributed by atoms with Crippen LogP contribution in [0.25, 0.3) is 10.8 Å². The van der Waals surface area contributed by atoms with Crippen molar-refractivity contribution in [3.8, 4) is 0 Å². The molecule has 30 heavy (non-hydrogen) atoms. The van der Waals surface area contributed by atoms with E-state index in [1.54, 1.807) is 54.7 Å². The summed E-state index contributed by atoms with van der Waals surface area (Å²) in [6.45, 7) is 0. The Bertz CT molecular complexity index is 1280. The minimum atomic E-state index is -0.318. The van der Waals surface area contributed by atoms with E-state index in [0.717, 1.165) is 16.3 Å². The molecule has 5 heteroatoms. The van der Waals surface area contributed by atoms with Gasteiger partial charge in [-0.15, -0.1) is 0 Å². The molecule has 0 atom stereocenters. The fraction of sp³-hybridized carbons (Fsp3) is 0. The molecule has 1 heterocycles. The monoisotopic (exact) mass is 410 g/mol. The Balaban J connectivity index is 1.47. The topological polar surface area (TPSA) is 49.7 Å². The van der Waals surface area contributed by atoms with Gasteiger partial charge in [-0.3, -0.25) is 14.6 Å². The predicted molar refractivity (Wildman–Crippen MR) is 120 cm³/mol. The molecule has 0 radical (unpaired) electrons. The molecule has 0 aliphatic carbocycles. The first-order chi connectivity index (χ1) is 14.6. The molecule has 0 N–H and O–H groups in total.